The van der Waals surface area contributed by atoms with Crippen LogP contribution in [0.25, 0.3) is 0 Å². The molecule has 146 valence electrons. The molecule has 0 bridgehead atoms. The van der Waals surface area contributed by atoms with Crippen LogP contribution in [0.2, 0.25) is 0 Å². The van der Waals surface area contributed by atoms with Crippen molar-refractivity contribution in [2.45, 2.75) is 13.3 Å². The molecule has 4 rings (SSSR count). The number of aryl methyl sites for hydroxylation is 1. The van der Waals surface area contributed by atoms with Crippen molar-refractivity contribution < 1.29 is 22.0 Å². The van der Waals surface area contributed by atoms with Crippen LogP contribution < -0.4 is 15.2 Å². The number of alkyl halides is 2. The smallest absolute Gasteiger partial charge is 0.256 e. The molecule has 0 aliphatic carbocycles. The fourth-order valence-electron chi connectivity index (χ4n) is 3.24. The lowest BCUT2D eigenvalue weighted by atomic mass is 10.1. The lowest BCUT2D eigenvalue weighted by molar-refractivity contribution is 0.158. The van der Waals surface area contributed by atoms with Crippen LogP contribution in [0.3, 0.4) is 0 Å². The number of benzene rings is 2. The van der Waals surface area contributed by atoms with E-state index in [2.05, 4.69) is 15.5 Å². The molecular weight excluding hydrogens is 381 g/mol. The minimum atomic E-state index is -2.84. The van der Waals surface area contributed by atoms with Gasteiger partial charge in [0.2, 0.25) is 0 Å². The molecule has 2 aliphatic heterocycles. The lowest BCUT2D eigenvalue weighted by Gasteiger charge is -2.32. The molecular formula is C18H14F5N5. The van der Waals surface area contributed by atoms with Gasteiger partial charge in [0.25, 0.3) is 12.4 Å². The van der Waals surface area contributed by atoms with Gasteiger partial charge in [0.1, 0.15) is 18.3 Å². The number of amidine groups is 1. The van der Waals surface area contributed by atoms with Crippen LogP contribution >= 0.6 is 0 Å². The van der Waals surface area contributed by atoms with Crippen molar-refractivity contribution in [1.29, 1.82) is 0 Å². The van der Waals surface area contributed by atoms with Crippen LogP contribution in [0.1, 0.15) is 11.1 Å². The monoisotopic (exact) mass is 395 g/mol. The van der Waals surface area contributed by atoms with Crippen molar-refractivity contribution in [2.24, 2.45) is 10.1 Å². The second-order valence-corrected chi connectivity index (χ2v) is 6.34. The Morgan fingerprint density at radius 2 is 1.96 bits per heavy atom. The second kappa shape index (κ2) is 6.77. The van der Waals surface area contributed by atoms with Gasteiger partial charge >= 0.3 is 0 Å². The van der Waals surface area contributed by atoms with Gasteiger partial charge in [0, 0.05) is 5.69 Å². The standard InChI is InChI=1S/C18H14F5N5/c1-9-4-10(19)6-11(5-9)27(7-14(21)22)17-15-13(3-2-12(20)16(15)23)28-8-24-26-18(28)25-17/h2-6,14,24H,7-8H2,1H3. The fourth-order valence-corrected chi connectivity index (χ4v) is 3.24. The minimum absolute atomic E-state index is 0.0474. The third-order valence-corrected chi connectivity index (χ3v) is 4.36. The molecule has 1 N–H and O–H groups in total. The number of hydrazone groups is 1. The molecule has 0 saturated carbocycles. The third-order valence-electron chi connectivity index (χ3n) is 4.36. The van der Waals surface area contributed by atoms with E-state index in [1.807, 2.05) is 0 Å². The van der Waals surface area contributed by atoms with E-state index in [0.717, 1.165) is 17.0 Å². The first-order valence-electron chi connectivity index (χ1n) is 8.33. The van der Waals surface area contributed by atoms with Crippen LogP contribution in [-0.4, -0.2) is 31.4 Å². The molecule has 0 amide bonds. The normalized spacial score (nSPS) is 15.0. The van der Waals surface area contributed by atoms with Gasteiger partial charge in [-0.2, -0.15) is 4.99 Å². The van der Waals surface area contributed by atoms with Gasteiger partial charge in [-0.3, -0.25) is 10.3 Å². The van der Waals surface area contributed by atoms with Crippen molar-refractivity contribution in [3.8, 4) is 0 Å². The van der Waals surface area contributed by atoms with Crippen molar-refractivity contribution >= 4 is 23.2 Å². The van der Waals surface area contributed by atoms with Crippen LogP contribution in [-0.2, 0) is 0 Å². The molecule has 28 heavy (non-hydrogen) atoms. The van der Waals surface area contributed by atoms with Gasteiger partial charge in [-0.25, -0.2) is 22.0 Å². The molecule has 5 nitrogen and oxygen atoms in total. The Balaban J connectivity index is 1.94. The molecule has 0 unspecified atom stereocenters. The summed E-state index contributed by atoms with van der Waals surface area (Å²) < 4.78 is 69.3. The summed E-state index contributed by atoms with van der Waals surface area (Å²) in [6, 6.07) is 5.99. The summed E-state index contributed by atoms with van der Waals surface area (Å²) >= 11 is 0. The molecule has 0 radical (unpaired) electrons. The van der Waals surface area contributed by atoms with E-state index in [0.29, 0.717) is 5.56 Å². The van der Waals surface area contributed by atoms with Crippen molar-refractivity contribution in [3.63, 3.8) is 0 Å². The number of hydrogen-bond donors (Lipinski definition) is 1. The van der Waals surface area contributed by atoms with E-state index < -0.39 is 30.4 Å². The summed E-state index contributed by atoms with van der Waals surface area (Å²) in [5.74, 6) is -3.18. The number of nitrogens with zero attached hydrogens (tertiary/aromatic N) is 4. The van der Waals surface area contributed by atoms with E-state index in [4.69, 9.17) is 0 Å². The average molecular weight is 395 g/mol. The summed E-state index contributed by atoms with van der Waals surface area (Å²) in [4.78, 5) is 6.63. The fraction of sp³-hybridized carbons (Fsp3) is 0.222. The highest BCUT2D eigenvalue weighted by molar-refractivity contribution is 6.23. The number of aliphatic imine (C=N–C) groups is 1. The summed E-state index contributed by atoms with van der Waals surface area (Å²) in [6.07, 6.45) is -2.84. The Kier molecular flexibility index (Phi) is 4.40. The molecule has 2 heterocycles. The number of nitrogens with one attached hydrogen (secondary N) is 1. The highest BCUT2D eigenvalue weighted by atomic mass is 19.3. The first-order chi connectivity index (χ1) is 13.3. The first-order valence-corrected chi connectivity index (χ1v) is 8.33. The number of fused-ring (bicyclic) bond motifs is 3. The Labute approximate surface area is 156 Å². The van der Waals surface area contributed by atoms with E-state index in [9.17, 15) is 22.0 Å². The van der Waals surface area contributed by atoms with Gasteiger partial charge in [0.05, 0.1) is 17.8 Å². The zero-order chi connectivity index (χ0) is 20.0. The van der Waals surface area contributed by atoms with Gasteiger partial charge in [-0.15, -0.1) is 5.10 Å². The van der Waals surface area contributed by atoms with Crippen molar-refractivity contribution in [1.82, 2.24) is 5.43 Å². The van der Waals surface area contributed by atoms with Crippen LogP contribution in [0.15, 0.2) is 40.4 Å². The summed E-state index contributed by atoms with van der Waals surface area (Å²) in [5, 5.41) is 3.95. The van der Waals surface area contributed by atoms with Crippen molar-refractivity contribution in [3.05, 3.63) is 58.9 Å². The van der Waals surface area contributed by atoms with Crippen molar-refractivity contribution in [2.75, 3.05) is 23.0 Å². The molecule has 2 aromatic rings. The first kappa shape index (κ1) is 18.2. The van der Waals surface area contributed by atoms with E-state index >= 15 is 0 Å². The largest absolute Gasteiger partial charge is 0.320 e. The molecule has 0 atom stereocenters. The van der Waals surface area contributed by atoms with Crippen LogP contribution in [0.4, 0.5) is 33.3 Å². The minimum Gasteiger partial charge on any atom is -0.320 e. The number of halogens is 5. The second-order valence-electron chi connectivity index (χ2n) is 6.34. The topological polar surface area (TPSA) is 43.2 Å². The lowest BCUT2D eigenvalue weighted by Crippen LogP contribution is -2.43. The van der Waals surface area contributed by atoms with E-state index in [1.165, 1.54) is 23.1 Å². The zero-order valence-corrected chi connectivity index (χ0v) is 14.6. The summed E-state index contributed by atoms with van der Waals surface area (Å²) in [6.45, 7) is 0.868. The maximum Gasteiger partial charge on any atom is 0.256 e. The highest BCUT2D eigenvalue weighted by Gasteiger charge is 2.35. The molecule has 2 aliphatic rings. The predicted octanol–water partition coefficient (Wildman–Crippen LogP) is 3.58. The predicted molar refractivity (Wildman–Crippen MR) is 95.3 cm³/mol. The number of guanidine groups is 1. The maximum absolute atomic E-state index is 14.7. The molecule has 2 aromatic carbocycles. The zero-order valence-electron chi connectivity index (χ0n) is 14.6. The Bertz CT molecular complexity index is 984. The SMILES string of the molecule is Cc1cc(F)cc(N(CC(F)F)C2=NC3=NNCN3c3ccc(F)c(F)c32)c1. The average Bonchev–Trinajstić information content (AvgIpc) is 3.09. The third kappa shape index (κ3) is 3.04. The molecule has 10 heteroatoms. The van der Waals surface area contributed by atoms with Gasteiger partial charge in [-0.05, 0) is 42.8 Å². The Morgan fingerprint density at radius 1 is 1.18 bits per heavy atom. The quantitative estimate of drug-likeness (QED) is 0.808. The maximum atomic E-state index is 14.7. The van der Waals surface area contributed by atoms with Gasteiger partial charge < -0.3 is 4.90 Å². The summed E-state index contributed by atoms with van der Waals surface area (Å²) in [5.41, 5.74) is 3.12. The number of hydrogen-bond acceptors (Lipinski definition) is 5. The van der Waals surface area contributed by atoms with E-state index in [1.54, 1.807) is 6.92 Å². The van der Waals surface area contributed by atoms with Crippen LogP contribution in [0, 0.1) is 24.4 Å². The molecule has 0 fully saturated rings. The summed E-state index contributed by atoms with van der Waals surface area (Å²) in [7, 11) is 0. The number of rotatable bonds is 3. The Morgan fingerprint density at radius 3 is 2.68 bits per heavy atom. The van der Waals surface area contributed by atoms with Gasteiger partial charge in [0.15, 0.2) is 11.6 Å². The van der Waals surface area contributed by atoms with Gasteiger partial charge in [-0.1, -0.05) is 0 Å². The Hall–Kier alpha value is -3.17. The highest BCUT2D eigenvalue weighted by Crippen LogP contribution is 2.34. The van der Waals surface area contributed by atoms with E-state index in [-0.39, 0.29) is 35.4 Å². The molecule has 0 saturated heterocycles. The van der Waals surface area contributed by atoms with Crippen LogP contribution in [0.5, 0.6) is 0 Å². The number of anilines is 2. The molecule has 0 spiro atoms. The molecule has 0 aromatic heterocycles.